The van der Waals surface area contributed by atoms with Gasteiger partial charge in [-0.15, -0.1) is 0 Å². The quantitative estimate of drug-likeness (QED) is 0.858. The third-order valence-electron chi connectivity index (χ3n) is 2.74. The molecule has 0 aliphatic carbocycles. The number of nitrogens with zero attached hydrogens (tertiary/aromatic N) is 2. The van der Waals surface area contributed by atoms with E-state index in [-0.39, 0.29) is 23.5 Å². The van der Waals surface area contributed by atoms with Crippen LogP contribution in [0.25, 0.3) is 0 Å². The average molecular weight is 372 g/mol. The van der Waals surface area contributed by atoms with Crippen LogP contribution < -0.4 is 10.3 Å². The first kappa shape index (κ1) is 15.9. The van der Waals surface area contributed by atoms with Crippen LogP contribution >= 0.6 is 15.9 Å². The van der Waals surface area contributed by atoms with Crippen LogP contribution in [0.2, 0.25) is 0 Å². The van der Waals surface area contributed by atoms with Crippen molar-refractivity contribution in [2.45, 2.75) is 18.4 Å². The van der Waals surface area contributed by atoms with Crippen LogP contribution in [-0.2, 0) is 16.6 Å². The highest BCUT2D eigenvalue weighted by atomic mass is 79.9. The van der Waals surface area contributed by atoms with E-state index in [1.807, 2.05) is 0 Å². The van der Waals surface area contributed by atoms with Crippen LogP contribution in [0.3, 0.4) is 0 Å². The highest BCUT2D eigenvalue weighted by Gasteiger charge is 2.13. The molecule has 8 heteroatoms. The molecule has 0 radical (unpaired) electrons. The van der Waals surface area contributed by atoms with Crippen LogP contribution in [0.15, 0.2) is 50.6 Å². The van der Waals surface area contributed by atoms with Gasteiger partial charge < -0.3 is 0 Å². The van der Waals surface area contributed by atoms with E-state index in [0.717, 1.165) is 4.47 Å². The number of halogens is 1. The van der Waals surface area contributed by atoms with Gasteiger partial charge in [0.1, 0.15) is 0 Å². The molecule has 2 rings (SSSR count). The van der Waals surface area contributed by atoms with Crippen molar-refractivity contribution in [3.8, 4) is 0 Å². The predicted octanol–water partition coefficient (Wildman–Crippen LogP) is 1.29. The molecule has 0 saturated heterocycles. The second-order valence-corrected chi connectivity index (χ2v) is 7.07. The molecule has 0 bridgehead atoms. The van der Waals surface area contributed by atoms with E-state index in [0.29, 0.717) is 5.69 Å². The zero-order valence-electron chi connectivity index (χ0n) is 11.3. The maximum Gasteiger partial charge on any atom is 0.266 e. The lowest BCUT2D eigenvalue weighted by Gasteiger charge is -2.08. The molecule has 0 amide bonds. The van der Waals surface area contributed by atoms with Crippen molar-refractivity contribution in [3.05, 3.63) is 56.9 Å². The zero-order chi connectivity index (χ0) is 15.5. The smallest absolute Gasteiger partial charge is 0.266 e. The van der Waals surface area contributed by atoms with Crippen LogP contribution in [0.5, 0.6) is 0 Å². The fourth-order valence-electron chi connectivity index (χ4n) is 1.69. The number of sulfonamides is 1. The van der Waals surface area contributed by atoms with Crippen LogP contribution in [0, 0.1) is 6.92 Å². The van der Waals surface area contributed by atoms with E-state index in [4.69, 9.17) is 0 Å². The van der Waals surface area contributed by atoms with Gasteiger partial charge in [-0.1, -0.05) is 15.9 Å². The summed E-state index contributed by atoms with van der Waals surface area (Å²) in [4.78, 5) is 11.7. The molecular formula is C13H14BrN3O3S. The molecule has 0 aliphatic rings. The van der Waals surface area contributed by atoms with Gasteiger partial charge in [0.05, 0.1) is 17.1 Å². The molecular weight excluding hydrogens is 358 g/mol. The minimum absolute atomic E-state index is 0.0920. The molecule has 1 heterocycles. The summed E-state index contributed by atoms with van der Waals surface area (Å²) in [6, 6.07) is 9.34. The Morgan fingerprint density at radius 2 is 1.86 bits per heavy atom. The predicted molar refractivity (Wildman–Crippen MR) is 82.6 cm³/mol. The van der Waals surface area contributed by atoms with Gasteiger partial charge >= 0.3 is 0 Å². The van der Waals surface area contributed by atoms with E-state index >= 15 is 0 Å². The molecule has 0 spiro atoms. The van der Waals surface area contributed by atoms with Gasteiger partial charge in [0, 0.05) is 17.1 Å². The third-order valence-corrected chi connectivity index (χ3v) is 4.75. The number of hydrogen-bond donors (Lipinski definition) is 1. The summed E-state index contributed by atoms with van der Waals surface area (Å²) < 4.78 is 28.6. The number of aromatic nitrogens is 2. The summed E-state index contributed by atoms with van der Waals surface area (Å²) in [6.45, 7) is 2.03. The van der Waals surface area contributed by atoms with E-state index in [9.17, 15) is 13.2 Å². The SMILES string of the molecule is Cc1ccc(=O)n(CCNS(=O)(=O)c2ccc(Br)cc2)n1. The van der Waals surface area contributed by atoms with Gasteiger partial charge in [0.25, 0.3) is 5.56 Å². The monoisotopic (exact) mass is 371 g/mol. The molecule has 1 aromatic carbocycles. The minimum atomic E-state index is -3.58. The second kappa shape index (κ2) is 6.50. The lowest BCUT2D eigenvalue weighted by Crippen LogP contribution is -2.32. The van der Waals surface area contributed by atoms with Crippen LogP contribution in [0.4, 0.5) is 0 Å². The number of hydrogen-bond acceptors (Lipinski definition) is 4. The van der Waals surface area contributed by atoms with Crippen LogP contribution in [0.1, 0.15) is 5.69 Å². The Morgan fingerprint density at radius 1 is 1.19 bits per heavy atom. The number of rotatable bonds is 5. The van der Waals surface area contributed by atoms with Crippen molar-refractivity contribution < 1.29 is 8.42 Å². The largest absolute Gasteiger partial charge is 0.268 e. The Labute approximate surface area is 131 Å². The Kier molecular flexibility index (Phi) is 4.92. The zero-order valence-corrected chi connectivity index (χ0v) is 13.7. The minimum Gasteiger partial charge on any atom is -0.268 e. The molecule has 21 heavy (non-hydrogen) atoms. The van der Waals surface area contributed by atoms with Crippen LogP contribution in [-0.4, -0.2) is 24.7 Å². The third kappa shape index (κ3) is 4.23. The van der Waals surface area contributed by atoms with Crippen molar-refractivity contribution in [1.29, 1.82) is 0 Å². The first-order chi connectivity index (χ1) is 9.88. The van der Waals surface area contributed by atoms with Crippen molar-refractivity contribution >= 4 is 26.0 Å². The Balaban J connectivity index is 2.04. The van der Waals surface area contributed by atoms with E-state index in [2.05, 4.69) is 25.8 Å². The number of nitrogens with one attached hydrogen (secondary N) is 1. The molecule has 0 unspecified atom stereocenters. The molecule has 2 aromatic rings. The van der Waals surface area contributed by atoms with E-state index in [1.165, 1.54) is 22.9 Å². The second-order valence-electron chi connectivity index (χ2n) is 4.39. The maximum absolute atomic E-state index is 12.1. The van der Waals surface area contributed by atoms with Crippen molar-refractivity contribution in [1.82, 2.24) is 14.5 Å². The molecule has 0 aliphatic heterocycles. The molecule has 1 aromatic heterocycles. The number of benzene rings is 1. The standard InChI is InChI=1S/C13H14BrN3O3S/c1-10-2-7-13(18)17(16-10)9-8-15-21(19,20)12-5-3-11(14)4-6-12/h2-7,15H,8-9H2,1H3. The highest BCUT2D eigenvalue weighted by Crippen LogP contribution is 2.14. The van der Waals surface area contributed by atoms with Gasteiger partial charge in [-0.25, -0.2) is 17.8 Å². The molecule has 0 saturated carbocycles. The number of aryl methyl sites for hydroxylation is 1. The fraction of sp³-hybridized carbons (Fsp3) is 0.231. The average Bonchev–Trinajstić information content (AvgIpc) is 2.43. The van der Waals surface area contributed by atoms with Gasteiger partial charge in [-0.2, -0.15) is 5.10 Å². The Hall–Kier alpha value is -1.51. The van der Waals surface area contributed by atoms with Crippen molar-refractivity contribution in [3.63, 3.8) is 0 Å². The maximum atomic E-state index is 12.1. The van der Waals surface area contributed by atoms with Crippen molar-refractivity contribution in [2.24, 2.45) is 0 Å². The van der Waals surface area contributed by atoms with Gasteiger partial charge in [-0.3, -0.25) is 4.79 Å². The summed E-state index contributed by atoms with van der Waals surface area (Å²) in [5, 5.41) is 4.04. The van der Waals surface area contributed by atoms with Gasteiger partial charge in [0.2, 0.25) is 10.0 Å². The first-order valence-electron chi connectivity index (χ1n) is 6.18. The fourth-order valence-corrected chi connectivity index (χ4v) is 2.98. The summed E-state index contributed by atoms with van der Waals surface area (Å²) in [5.41, 5.74) is 0.439. The lowest BCUT2D eigenvalue weighted by atomic mass is 10.4. The molecule has 112 valence electrons. The summed E-state index contributed by atoms with van der Waals surface area (Å²) in [7, 11) is -3.58. The Morgan fingerprint density at radius 3 is 2.52 bits per heavy atom. The van der Waals surface area contributed by atoms with E-state index in [1.54, 1.807) is 25.1 Å². The van der Waals surface area contributed by atoms with Gasteiger partial charge in [-0.05, 0) is 37.3 Å². The van der Waals surface area contributed by atoms with Gasteiger partial charge in [0.15, 0.2) is 0 Å². The highest BCUT2D eigenvalue weighted by molar-refractivity contribution is 9.10. The topological polar surface area (TPSA) is 81.1 Å². The summed E-state index contributed by atoms with van der Waals surface area (Å²) >= 11 is 3.25. The molecule has 1 N–H and O–H groups in total. The summed E-state index contributed by atoms with van der Waals surface area (Å²) in [5.74, 6) is 0. The molecule has 6 nitrogen and oxygen atoms in total. The Bertz CT molecular complexity index is 785. The van der Waals surface area contributed by atoms with Crippen molar-refractivity contribution in [2.75, 3.05) is 6.54 Å². The first-order valence-corrected chi connectivity index (χ1v) is 8.46. The molecule has 0 fully saturated rings. The lowest BCUT2D eigenvalue weighted by molar-refractivity contribution is 0.544. The normalized spacial score (nSPS) is 11.5. The summed E-state index contributed by atoms with van der Waals surface area (Å²) in [6.07, 6.45) is 0. The van der Waals surface area contributed by atoms with E-state index < -0.39 is 10.0 Å². The molecule has 0 atom stereocenters.